The molecule has 0 fully saturated rings. The molecule has 112 valence electrons. The smallest absolute Gasteiger partial charge is 0.347 e. The van der Waals surface area contributed by atoms with Gasteiger partial charge < -0.3 is 5.11 Å². The third kappa shape index (κ3) is 4.04. The van der Waals surface area contributed by atoms with E-state index in [0.29, 0.717) is 11.4 Å². The van der Waals surface area contributed by atoms with Crippen LogP contribution in [0, 0.1) is 0 Å². The molecular weight excluding hydrogens is 334 g/mol. The molecule has 2 rings (SSSR count). The van der Waals surface area contributed by atoms with Gasteiger partial charge in [-0.25, -0.2) is 17.9 Å². The summed E-state index contributed by atoms with van der Waals surface area (Å²) in [4.78, 5) is 10.6. The minimum atomic E-state index is -3.82. The number of carboxylic acids is 1. The van der Waals surface area contributed by atoms with Gasteiger partial charge in [-0.05, 0) is 35.6 Å². The van der Waals surface area contributed by atoms with Crippen LogP contribution in [0.5, 0.6) is 0 Å². The Balaban J connectivity index is 2.03. The van der Waals surface area contributed by atoms with E-state index in [4.69, 9.17) is 16.7 Å². The van der Waals surface area contributed by atoms with Crippen LogP contribution in [0.1, 0.15) is 15.2 Å². The molecule has 0 aliphatic rings. The fraction of sp³-hybridized carbons (Fsp3) is 0.154. The predicted molar refractivity (Wildman–Crippen MR) is 81.6 cm³/mol. The number of hydrogen-bond acceptors (Lipinski definition) is 4. The molecule has 8 heteroatoms. The molecule has 2 N–H and O–H groups in total. The predicted octanol–water partition coefficient (Wildman–Crippen LogP) is 2.62. The number of benzene rings is 1. The van der Waals surface area contributed by atoms with Crippen LogP contribution in [0.2, 0.25) is 5.02 Å². The Morgan fingerprint density at radius 2 is 1.90 bits per heavy atom. The van der Waals surface area contributed by atoms with Crippen molar-refractivity contribution in [3.8, 4) is 0 Å². The first-order chi connectivity index (χ1) is 9.90. The van der Waals surface area contributed by atoms with Crippen LogP contribution in [-0.4, -0.2) is 26.0 Å². The molecule has 0 amide bonds. The zero-order chi connectivity index (χ0) is 15.5. The summed E-state index contributed by atoms with van der Waals surface area (Å²) in [6.07, 6.45) is 0.489. The Kier molecular flexibility index (Phi) is 5.00. The Morgan fingerprint density at radius 1 is 1.24 bits per heavy atom. The first-order valence-electron chi connectivity index (χ1n) is 5.95. The lowest BCUT2D eigenvalue weighted by atomic mass is 10.2. The van der Waals surface area contributed by atoms with Crippen molar-refractivity contribution in [2.45, 2.75) is 11.3 Å². The summed E-state index contributed by atoms with van der Waals surface area (Å²) in [5.41, 5.74) is 0.936. The number of carboxylic acid groups (broad SMARTS) is 1. The monoisotopic (exact) mass is 345 g/mol. The van der Waals surface area contributed by atoms with Gasteiger partial charge in [0, 0.05) is 11.6 Å². The van der Waals surface area contributed by atoms with Crippen molar-refractivity contribution in [2.24, 2.45) is 0 Å². The highest BCUT2D eigenvalue weighted by atomic mass is 35.5. The Morgan fingerprint density at radius 3 is 2.52 bits per heavy atom. The molecule has 0 atom stereocenters. The summed E-state index contributed by atoms with van der Waals surface area (Å²) >= 11 is 6.65. The van der Waals surface area contributed by atoms with Crippen molar-refractivity contribution in [3.05, 3.63) is 51.2 Å². The summed E-state index contributed by atoms with van der Waals surface area (Å²) in [5, 5.41) is 11.0. The third-order valence-electron chi connectivity index (χ3n) is 2.73. The lowest BCUT2D eigenvalue weighted by Gasteiger charge is -2.06. The topological polar surface area (TPSA) is 83.5 Å². The second kappa shape index (κ2) is 6.57. The minimum absolute atomic E-state index is 0.179. The molecule has 0 saturated heterocycles. The summed E-state index contributed by atoms with van der Waals surface area (Å²) in [6, 6.07) is 8.37. The average molecular weight is 346 g/mol. The highest BCUT2D eigenvalue weighted by Gasteiger charge is 2.23. The number of sulfonamides is 1. The van der Waals surface area contributed by atoms with Crippen molar-refractivity contribution in [1.29, 1.82) is 0 Å². The van der Waals surface area contributed by atoms with Gasteiger partial charge in [-0.2, -0.15) is 0 Å². The lowest BCUT2D eigenvalue weighted by Crippen LogP contribution is -2.26. The molecule has 21 heavy (non-hydrogen) atoms. The van der Waals surface area contributed by atoms with Crippen LogP contribution in [0.15, 0.2) is 40.6 Å². The normalized spacial score (nSPS) is 11.5. The van der Waals surface area contributed by atoms with E-state index >= 15 is 0 Å². The van der Waals surface area contributed by atoms with E-state index in [0.717, 1.165) is 16.9 Å². The van der Waals surface area contributed by atoms with Gasteiger partial charge in [0.15, 0.2) is 0 Å². The van der Waals surface area contributed by atoms with Gasteiger partial charge >= 0.3 is 5.97 Å². The van der Waals surface area contributed by atoms with Crippen LogP contribution in [-0.2, 0) is 16.4 Å². The first-order valence-corrected chi connectivity index (χ1v) is 8.69. The number of nitrogens with one attached hydrogen (secondary N) is 1. The molecule has 0 radical (unpaired) electrons. The van der Waals surface area contributed by atoms with E-state index in [1.807, 2.05) is 12.1 Å². The Bertz CT molecular complexity index is 738. The van der Waals surface area contributed by atoms with Gasteiger partial charge in [-0.1, -0.05) is 23.7 Å². The van der Waals surface area contributed by atoms with E-state index in [1.54, 1.807) is 12.1 Å². The van der Waals surface area contributed by atoms with Crippen LogP contribution in [0.4, 0.5) is 0 Å². The third-order valence-corrected chi connectivity index (χ3v) is 5.52. The molecule has 0 spiro atoms. The largest absolute Gasteiger partial charge is 0.477 e. The van der Waals surface area contributed by atoms with Crippen molar-refractivity contribution in [3.63, 3.8) is 0 Å². The molecule has 0 aliphatic heterocycles. The molecule has 5 nitrogen and oxygen atoms in total. The maximum Gasteiger partial charge on any atom is 0.347 e. The van der Waals surface area contributed by atoms with E-state index in [9.17, 15) is 13.2 Å². The first kappa shape index (κ1) is 16.0. The Labute approximate surface area is 131 Å². The van der Waals surface area contributed by atoms with Crippen LogP contribution in [0.25, 0.3) is 0 Å². The molecule has 0 bridgehead atoms. The average Bonchev–Trinajstić information content (AvgIpc) is 2.91. The lowest BCUT2D eigenvalue weighted by molar-refractivity contribution is 0.0698. The van der Waals surface area contributed by atoms with E-state index in [1.165, 1.54) is 11.4 Å². The number of thiophene rings is 1. The van der Waals surface area contributed by atoms with E-state index in [2.05, 4.69) is 4.72 Å². The zero-order valence-corrected chi connectivity index (χ0v) is 13.1. The van der Waals surface area contributed by atoms with Gasteiger partial charge in [-0.3, -0.25) is 0 Å². The van der Waals surface area contributed by atoms with Gasteiger partial charge in [0.1, 0.15) is 9.77 Å². The second-order valence-corrected chi connectivity index (χ2v) is 7.28. The molecule has 1 aromatic heterocycles. The maximum atomic E-state index is 12.1. The van der Waals surface area contributed by atoms with Crippen LogP contribution >= 0.6 is 22.9 Å². The number of halogens is 1. The van der Waals surface area contributed by atoms with Crippen molar-refractivity contribution < 1.29 is 18.3 Å². The van der Waals surface area contributed by atoms with Gasteiger partial charge in [0.05, 0.1) is 0 Å². The molecular formula is C13H12ClNO4S2. The summed E-state index contributed by atoms with van der Waals surface area (Å²) in [7, 11) is -3.82. The minimum Gasteiger partial charge on any atom is -0.477 e. The van der Waals surface area contributed by atoms with Crippen molar-refractivity contribution >= 4 is 38.9 Å². The molecule has 0 unspecified atom stereocenters. The number of hydrogen-bond donors (Lipinski definition) is 2. The molecule has 0 aliphatic carbocycles. The summed E-state index contributed by atoms with van der Waals surface area (Å²) < 4.78 is 26.6. The highest BCUT2D eigenvalue weighted by molar-refractivity contribution is 7.89. The van der Waals surface area contributed by atoms with Crippen LogP contribution in [0.3, 0.4) is 0 Å². The number of rotatable bonds is 6. The number of aromatic carboxylic acids is 1. The molecule has 2 aromatic rings. The fourth-order valence-corrected chi connectivity index (χ4v) is 4.14. The van der Waals surface area contributed by atoms with Gasteiger partial charge in [-0.15, -0.1) is 11.3 Å². The van der Waals surface area contributed by atoms with E-state index < -0.39 is 16.0 Å². The fourth-order valence-electron chi connectivity index (χ4n) is 1.72. The van der Waals surface area contributed by atoms with Crippen molar-refractivity contribution in [2.75, 3.05) is 6.54 Å². The molecule has 1 heterocycles. The quantitative estimate of drug-likeness (QED) is 0.843. The molecule has 1 aromatic carbocycles. The summed E-state index contributed by atoms with van der Waals surface area (Å²) in [5.74, 6) is -1.25. The maximum absolute atomic E-state index is 12.1. The zero-order valence-electron chi connectivity index (χ0n) is 10.7. The van der Waals surface area contributed by atoms with Gasteiger partial charge in [0.25, 0.3) is 0 Å². The van der Waals surface area contributed by atoms with Gasteiger partial charge in [0.2, 0.25) is 10.0 Å². The van der Waals surface area contributed by atoms with E-state index in [-0.39, 0.29) is 16.3 Å². The SMILES string of the molecule is O=C(O)c1sccc1S(=O)(=O)NCCc1ccc(Cl)cc1. The van der Waals surface area contributed by atoms with Crippen LogP contribution < -0.4 is 4.72 Å². The number of carbonyl (C=O) groups is 1. The highest BCUT2D eigenvalue weighted by Crippen LogP contribution is 2.21. The molecule has 0 saturated carbocycles. The van der Waals surface area contributed by atoms with Crippen molar-refractivity contribution in [1.82, 2.24) is 4.72 Å². The summed E-state index contributed by atoms with van der Waals surface area (Å²) in [6.45, 7) is 0.179. The standard InChI is InChI=1S/C13H12ClNO4S2/c14-10-3-1-9(2-4-10)5-7-15-21(18,19)11-6-8-20-12(11)13(16)17/h1-4,6,8,15H,5,7H2,(H,16,17). The second-order valence-electron chi connectivity index (χ2n) is 4.19. The Hall–Kier alpha value is -1.41.